The molecular weight excluding hydrogens is 388 g/mol. The van der Waals surface area contributed by atoms with Gasteiger partial charge in [-0.3, -0.25) is 4.99 Å². The van der Waals surface area contributed by atoms with E-state index in [4.69, 9.17) is 5.73 Å². The molecule has 0 unspecified atom stereocenters. The van der Waals surface area contributed by atoms with Crippen molar-refractivity contribution in [3.05, 3.63) is 36.6 Å². The quantitative estimate of drug-likeness (QED) is 0.261. The molecule has 1 rings (SSSR count). The van der Waals surface area contributed by atoms with Crippen LogP contribution >= 0.6 is 0 Å². The van der Waals surface area contributed by atoms with Gasteiger partial charge in [-0.05, 0) is 50.0 Å². The summed E-state index contributed by atoms with van der Waals surface area (Å²) in [6.45, 7) is 25.3. The van der Waals surface area contributed by atoms with Crippen molar-refractivity contribution in [2.75, 3.05) is 7.05 Å². The second kappa shape index (κ2) is 29.7. The van der Waals surface area contributed by atoms with Crippen LogP contribution in [0.15, 0.2) is 41.6 Å². The molecule has 2 nitrogen and oxygen atoms in total. The third-order valence-electron chi connectivity index (χ3n) is 4.90. The molecule has 0 saturated carbocycles. The number of unbranched alkanes of at least 4 members (excludes halogenated alkanes) is 5. The van der Waals surface area contributed by atoms with Crippen LogP contribution in [0.3, 0.4) is 0 Å². The van der Waals surface area contributed by atoms with Crippen molar-refractivity contribution in [1.29, 1.82) is 0 Å². The first-order valence-corrected chi connectivity index (χ1v) is 13.5. The minimum absolute atomic E-state index is 0.299. The molecule has 0 aromatic heterocycles. The Labute approximate surface area is 205 Å². The molecule has 0 atom stereocenters. The second-order valence-electron chi connectivity index (χ2n) is 8.49. The summed E-state index contributed by atoms with van der Waals surface area (Å²) >= 11 is 0. The zero-order chi connectivity index (χ0) is 25.8. The fourth-order valence-corrected chi connectivity index (χ4v) is 3.64. The Morgan fingerprint density at radius 1 is 0.906 bits per heavy atom. The summed E-state index contributed by atoms with van der Waals surface area (Å²) in [7, 11) is 1.82. The van der Waals surface area contributed by atoms with Gasteiger partial charge in [-0.15, -0.1) is 13.2 Å². The van der Waals surface area contributed by atoms with Gasteiger partial charge in [0.15, 0.2) is 0 Å². The van der Waals surface area contributed by atoms with E-state index in [1.165, 1.54) is 64.2 Å². The fourth-order valence-electron chi connectivity index (χ4n) is 3.64. The van der Waals surface area contributed by atoms with Crippen molar-refractivity contribution >= 4 is 5.71 Å². The van der Waals surface area contributed by atoms with Crippen LogP contribution in [0.25, 0.3) is 0 Å². The molecule has 0 saturated heterocycles. The van der Waals surface area contributed by atoms with E-state index in [1.807, 2.05) is 40.8 Å². The van der Waals surface area contributed by atoms with Gasteiger partial charge >= 0.3 is 0 Å². The zero-order valence-electron chi connectivity index (χ0n) is 24.1. The van der Waals surface area contributed by atoms with E-state index in [9.17, 15) is 0 Å². The Morgan fingerprint density at radius 3 is 1.88 bits per heavy atom. The molecule has 0 aromatic carbocycles. The molecule has 0 heterocycles. The van der Waals surface area contributed by atoms with Crippen molar-refractivity contribution in [1.82, 2.24) is 0 Å². The van der Waals surface area contributed by atoms with Gasteiger partial charge in [0.1, 0.15) is 0 Å². The molecule has 2 heteroatoms. The lowest BCUT2D eigenvalue weighted by molar-refractivity contribution is 0.371. The largest absolute Gasteiger partial charge is 0.402 e. The molecule has 0 aromatic rings. The maximum Gasteiger partial charge on any atom is 0.0367 e. The predicted octanol–water partition coefficient (Wildman–Crippen LogP) is 10.4. The fraction of sp³-hybridized carbons (Fsp3) is 0.767. The van der Waals surface area contributed by atoms with Crippen molar-refractivity contribution in [3.8, 4) is 0 Å². The Morgan fingerprint density at radius 2 is 1.44 bits per heavy atom. The number of hydrogen-bond acceptors (Lipinski definition) is 2. The highest BCUT2D eigenvalue weighted by molar-refractivity contribution is 5.96. The molecule has 2 N–H and O–H groups in total. The SMILES string of the molecule is C=C.CC.CC.CC/C=C(\CCC)CCCCCCCC.CN=C1C=C(N)CC(C)(C)C1. The monoisotopic (exact) mass is 450 g/mol. The van der Waals surface area contributed by atoms with Gasteiger partial charge < -0.3 is 5.73 Å². The van der Waals surface area contributed by atoms with Gasteiger partial charge in [-0.2, -0.15) is 0 Å². The smallest absolute Gasteiger partial charge is 0.0367 e. The molecule has 32 heavy (non-hydrogen) atoms. The Balaban J connectivity index is -0.000000203. The average molecular weight is 451 g/mol. The van der Waals surface area contributed by atoms with Crippen molar-refractivity contribution in [3.63, 3.8) is 0 Å². The highest BCUT2D eigenvalue weighted by atomic mass is 14.7. The summed E-state index contributed by atoms with van der Waals surface area (Å²) < 4.78 is 0. The summed E-state index contributed by atoms with van der Waals surface area (Å²) in [5, 5.41) is 0. The molecule has 0 bridgehead atoms. The van der Waals surface area contributed by atoms with Gasteiger partial charge in [0.25, 0.3) is 0 Å². The molecule has 192 valence electrons. The van der Waals surface area contributed by atoms with Crippen LogP contribution in [-0.4, -0.2) is 12.8 Å². The first-order chi connectivity index (χ1) is 15.4. The highest BCUT2D eigenvalue weighted by Gasteiger charge is 2.24. The zero-order valence-corrected chi connectivity index (χ0v) is 24.1. The van der Waals surface area contributed by atoms with Gasteiger partial charge in [0.05, 0.1) is 0 Å². The topological polar surface area (TPSA) is 38.4 Å². The van der Waals surface area contributed by atoms with Gasteiger partial charge in [0.2, 0.25) is 0 Å². The van der Waals surface area contributed by atoms with Gasteiger partial charge in [0, 0.05) is 18.5 Å². The number of allylic oxidation sites excluding steroid dienone is 4. The lowest BCUT2D eigenvalue weighted by atomic mass is 9.79. The van der Waals surface area contributed by atoms with E-state index in [2.05, 4.69) is 58.8 Å². The summed E-state index contributed by atoms with van der Waals surface area (Å²) in [6, 6.07) is 0. The normalized spacial score (nSPS) is 15.4. The molecular formula is C30H62N2. The van der Waals surface area contributed by atoms with E-state index in [1.54, 1.807) is 5.57 Å². The first-order valence-electron chi connectivity index (χ1n) is 13.5. The van der Waals surface area contributed by atoms with Crippen molar-refractivity contribution < 1.29 is 0 Å². The number of nitrogens with zero attached hydrogens (tertiary/aromatic N) is 1. The maximum atomic E-state index is 5.76. The third-order valence-corrected chi connectivity index (χ3v) is 4.90. The minimum atomic E-state index is 0.299. The highest BCUT2D eigenvalue weighted by Crippen LogP contribution is 2.31. The number of hydrogen-bond donors (Lipinski definition) is 1. The third kappa shape index (κ3) is 26.7. The predicted molar refractivity (Wildman–Crippen MR) is 154 cm³/mol. The first kappa shape index (κ1) is 38.0. The Bertz CT molecular complexity index is 455. The number of aliphatic imine (C=N–C) groups is 1. The Kier molecular flexibility index (Phi) is 35.2. The van der Waals surface area contributed by atoms with E-state index >= 15 is 0 Å². The van der Waals surface area contributed by atoms with Crippen molar-refractivity contribution in [2.24, 2.45) is 16.1 Å². The lowest BCUT2D eigenvalue weighted by Gasteiger charge is -2.28. The van der Waals surface area contributed by atoms with Gasteiger partial charge in [-0.1, -0.05) is 112 Å². The maximum absolute atomic E-state index is 5.76. The average Bonchev–Trinajstić information content (AvgIpc) is 2.79. The number of nitrogens with two attached hydrogens (primary N) is 1. The van der Waals surface area contributed by atoms with E-state index < -0.39 is 0 Å². The second-order valence-corrected chi connectivity index (χ2v) is 8.49. The standard InChI is InChI=1S/C15H30.C9H16N2.2C2H6.C2H4/c1-4-7-8-9-10-11-14-15(12-5-2)13-6-3;1-9(2)5-7(10)4-8(6-9)11-3;3*1-2/h12H,4-11,13-14H2,1-3H3;4H,5-6,10H2,1-3H3;2*1-2H3;1-2H2/b15-12+;;;;. The van der Waals surface area contributed by atoms with Crippen LogP contribution in [0.4, 0.5) is 0 Å². The summed E-state index contributed by atoms with van der Waals surface area (Å²) in [4.78, 5) is 4.15. The van der Waals surface area contributed by atoms with E-state index in [-0.39, 0.29) is 0 Å². The molecule has 1 aliphatic carbocycles. The molecule has 0 amide bonds. The van der Waals surface area contributed by atoms with Gasteiger partial charge in [-0.25, -0.2) is 0 Å². The van der Waals surface area contributed by atoms with Crippen LogP contribution in [0.2, 0.25) is 0 Å². The van der Waals surface area contributed by atoms with E-state index in [0.717, 1.165) is 24.3 Å². The van der Waals surface area contributed by atoms with Crippen molar-refractivity contribution in [2.45, 2.75) is 139 Å². The molecule has 1 aliphatic rings. The molecule has 0 fully saturated rings. The van der Waals surface area contributed by atoms with E-state index in [0.29, 0.717) is 5.41 Å². The summed E-state index contributed by atoms with van der Waals surface area (Å²) in [5.41, 5.74) is 9.84. The lowest BCUT2D eigenvalue weighted by Crippen LogP contribution is -2.24. The summed E-state index contributed by atoms with van der Waals surface area (Å²) in [5.74, 6) is 0. The minimum Gasteiger partial charge on any atom is -0.402 e. The van der Waals surface area contributed by atoms with Crippen LogP contribution in [0.1, 0.15) is 139 Å². The molecule has 0 radical (unpaired) electrons. The number of rotatable bonds is 10. The Hall–Kier alpha value is -1.31. The summed E-state index contributed by atoms with van der Waals surface area (Å²) in [6.07, 6.45) is 20.2. The van der Waals surface area contributed by atoms with Crippen LogP contribution in [0.5, 0.6) is 0 Å². The molecule has 0 spiro atoms. The molecule has 0 aliphatic heterocycles. The van der Waals surface area contributed by atoms with Crippen LogP contribution < -0.4 is 5.73 Å². The van der Waals surface area contributed by atoms with Crippen LogP contribution in [0, 0.1) is 5.41 Å². The van der Waals surface area contributed by atoms with Crippen LogP contribution in [-0.2, 0) is 0 Å².